The molecule has 4 heteroatoms. The number of ether oxygens (including phenoxy) is 1. The lowest BCUT2D eigenvalue weighted by molar-refractivity contribution is 0.0916. The van der Waals surface area contributed by atoms with Gasteiger partial charge in [0.15, 0.2) is 0 Å². The van der Waals surface area contributed by atoms with Crippen LogP contribution in [0.4, 0.5) is 0 Å². The van der Waals surface area contributed by atoms with Crippen molar-refractivity contribution in [2.24, 2.45) is 0 Å². The fourth-order valence-electron chi connectivity index (χ4n) is 0.417. The number of hydrogen-bond donors (Lipinski definition) is 0. The fraction of sp³-hybridized carbons (Fsp3) is 1.00. The van der Waals surface area contributed by atoms with E-state index in [4.69, 9.17) is 16.3 Å². The second kappa shape index (κ2) is 6.91. The minimum Gasteiger partial charge on any atom is -0.364 e. The van der Waals surface area contributed by atoms with E-state index in [1.165, 1.54) is 0 Å². The van der Waals surface area contributed by atoms with Crippen LogP contribution in [0, 0.1) is 0 Å². The first-order valence-corrected chi connectivity index (χ1v) is 6.74. The summed E-state index contributed by atoms with van der Waals surface area (Å²) < 4.78 is 5.34. The van der Waals surface area contributed by atoms with Crippen LogP contribution >= 0.6 is 11.6 Å². The van der Waals surface area contributed by atoms with Gasteiger partial charge in [-0.15, -0.1) is 0 Å². The second-order valence-corrected chi connectivity index (χ2v) is 6.73. The topological polar surface area (TPSA) is 9.23 Å². The van der Waals surface area contributed by atoms with Crippen LogP contribution in [-0.2, 0) is 4.74 Å². The van der Waals surface area contributed by atoms with Crippen LogP contribution < -0.4 is 0 Å². The fourth-order valence-corrected chi connectivity index (χ4v) is 1.25. The maximum Gasteiger partial charge on any atom is 0.316 e. The second-order valence-electron chi connectivity index (χ2n) is 2.78. The van der Waals surface area contributed by atoms with Crippen molar-refractivity contribution in [1.82, 2.24) is 0 Å². The summed E-state index contributed by atoms with van der Waals surface area (Å²) in [4.78, 5) is 0. The molecular weight excluding hydrogens is 176 g/mol. The first kappa shape index (κ1) is 13.8. The molecule has 1 nitrogen and oxygen atoms in total. The zero-order valence-corrected chi connectivity index (χ0v) is 8.43. The zero-order valence-electron chi connectivity index (χ0n) is 6.52. The summed E-state index contributed by atoms with van der Waals surface area (Å²) in [5, 5.41) is 0.00463. The van der Waals surface area contributed by atoms with Gasteiger partial charge in [0, 0.05) is 0 Å². The van der Waals surface area contributed by atoms with Gasteiger partial charge < -0.3 is 4.74 Å². The predicted octanol–water partition coefficient (Wildman–Crippen LogP) is 1.09. The first-order valence-electron chi connectivity index (χ1n) is 3.33. The minimum absolute atomic E-state index is 0. The van der Waals surface area contributed by atoms with Crippen molar-refractivity contribution in [3.05, 3.63) is 0 Å². The van der Waals surface area contributed by atoms with Gasteiger partial charge in [-0.3, -0.25) is 0 Å². The quantitative estimate of drug-likeness (QED) is 0.481. The average molecular weight is 193 g/mol. The van der Waals surface area contributed by atoms with Crippen LogP contribution in [0.5, 0.6) is 0 Å². The summed E-state index contributed by atoms with van der Waals surface area (Å²) >= 11 is 5.85. The van der Waals surface area contributed by atoms with Crippen molar-refractivity contribution in [2.75, 3.05) is 0 Å². The van der Waals surface area contributed by atoms with Gasteiger partial charge in [0.2, 0.25) is 0 Å². The van der Waals surface area contributed by atoms with E-state index in [2.05, 4.69) is 13.1 Å². The summed E-state index contributed by atoms with van der Waals surface area (Å²) in [6.45, 7) is 8.37. The van der Waals surface area contributed by atoms with Gasteiger partial charge in [-0.25, -0.2) is 0 Å². The molecule has 0 aromatic heterocycles. The standard InChI is InChI=1S/C6H15ClOSi.Mg.2H/c1-5(2)8-6(7)9(3)4;;;/h5-6,9H,1-4H3;;;. The first-order chi connectivity index (χ1) is 4.04. The predicted molar refractivity (Wildman–Crippen MR) is 53.3 cm³/mol. The molecule has 0 aromatic rings. The van der Waals surface area contributed by atoms with Crippen molar-refractivity contribution in [1.29, 1.82) is 0 Å². The molecule has 0 N–H and O–H groups in total. The minimum atomic E-state index is -0.778. The summed E-state index contributed by atoms with van der Waals surface area (Å²) in [6.07, 6.45) is 0.266. The maximum atomic E-state index is 5.85. The molecule has 0 radical (unpaired) electrons. The molecule has 0 aliphatic carbocycles. The molecule has 0 fully saturated rings. The lowest BCUT2D eigenvalue weighted by Crippen LogP contribution is -2.24. The molecule has 10 heavy (non-hydrogen) atoms. The Balaban J connectivity index is 0. The third-order valence-corrected chi connectivity index (χ3v) is 3.75. The van der Waals surface area contributed by atoms with Crippen molar-refractivity contribution in [3.63, 3.8) is 0 Å². The zero-order chi connectivity index (χ0) is 7.44. The van der Waals surface area contributed by atoms with Crippen LogP contribution in [-0.4, -0.2) is 43.1 Å². The average Bonchev–Trinajstić information content (AvgIpc) is 1.63. The highest BCUT2D eigenvalue weighted by Crippen LogP contribution is 2.06. The van der Waals surface area contributed by atoms with Gasteiger partial charge in [0.05, 0.1) is 14.9 Å². The molecule has 0 aliphatic heterocycles. The molecular formula is C6H17ClMgOSi. The van der Waals surface area contributed by atoms with Crippen LogP contribution in [0.2, 0.25) is 13.1 Å². The Labute approximate surface area is 86.2 Å². The lowest BCUT2D eigenvalue weighted by atomic mass is 10.5. The highest BCUT2D eigenvalue weighted by atomic mass is 35.5. The molecule has 0 amide bonds. The summed E-state index contributed by atoms with van der Waals surface area (Å²) in [7, 11) is -0.778. The van der Waals surface area contributed by atoms with E-state index < -0.39 is 8.80 Å². The van der Waals surface area contributed by atoms with Crippen LogP contribution in [0.25, 0.3) is 0 Å². The van der Waals surface area contributed by atoms with E-state index in [1.54, 1.807) is 0 Å². The molecule has 0 bridgehead atoms. The maximum absolute atomic E-state index is 5.85. The molecule has 0 aromatic carbocycles. The summed E-state index contributed by atoms with van der Waals surface area (Å²) in [5.41, 5.74) is 0. The monoisotopic (exact) mass is 192 g/mol. The lowest BCUT2D eigenvalue weighted by Gasteiger charge is -2.15. The Kier molecular flexibility index (Phi) is 9.54. The SMILES string of the molecule is CC(C)OC(Cl)[SiH](C)C.[MgH2]. The number of rotatable bonds is 3. The van der Waals surface area contributed by atoms with Gasteiger partial charge in [-0.05, 0) is 13.8 Å². The molecule has 0 heterocycles. The number of alkyl halides is 1. The Bertz CT molecular complexity index is 80.1. The molecule has 0 spiro atoms. The summed E-state index contributed by atoms with van der Waals surface area (Å²) in [6, 6.07) is 0. The van der Waals surface area contributed by atoms with E-state index in [9.17, 15) is 0 Å². The molecule has 1 atom stereocenters. The van der Waals surface area contributed by atoms with Crippen LogP contribution in [0.3, 0.4) is 0 Å². The van der Waals surface area contributed by atoms with E-state index in [1.807, 2.05) is 13.8 Å². The largest absolute Gasteiger partial charge is 0.364 e. The van der Waals surface area contributed by atoms with Crippen molar-refractivity contribution >= 4 is 43.5 Å². The van der Waals surface area contributed by atoms with Crippen LogP contribution in [0.15, 0.2) is 0 Å². The van der Waals surface area contributed by atoms with Crippen molar-refractivity contribution in [3.8, 4) is 0 Å². The van der Waals surface area contributed by atoms with E-state index >= 15 is 0 Å². The van der Waals surface area contributed by atoms with E-state index in [-0.39, 0.29) is 34.3 Å². The van der Waals surface area contributed by atoms with Gasteiger partial charge >= 0.3 is 23.1 Å². The molecule has 0 aliphatic rings. The van der Waals surface area contributed by atoms with Crippen molar-refractivity contribution in [2.45, 2.75) is 38.2 Å². The van der Waals surface area contributed by atoms with Gasteiger partial charge in [-0.2, -0.15) is 0 Å². The molecule has 0 rings (SSSR count). The number of hydrogen-bond acceptors (Lipinski definition) is 1. The Morgan fingerprint density at radius 3 is 1.80 bits per heavy atom. The van der Waals surface area contributed by atoms with Gasteiger partial charge in [-0.1, -0.05) is 24.7 Å². The molecule has 0 saturated heterocycles. The molecule has 60 valence electrons. The number of halogens is 1. The Morgan fingerprint density at radius 1 is 1.30 bits per heavy atom. The highest BCUT2D eigenvalue weighted by molar-refractivity contribution is 6.66. The van der Waals surface area contributed by atoms with Crippen LogP contribution in [0.1, 0.15) is 13.8 Å². The van der Waals surface area contributed by atoms with E-state index in [0.717, 1.165) is 0 Å². The normalized spacial score (nSPS) is 13.5. The van der Waals surface area contributed by atoms with Crippen molar-refractivity contribution < 1.29 is 4.74 Å². The van der Waals surface area contributed by atoms with Gasteiger partial charge in [0.25, 0.3) is 0 Å². The Morgan fingerprint density at radius 2 is 1.70 bits per heavy atom. The molecule has 1 unspecified atom stereocenters. The third-order valence-electron chi connectivity index (χ3n) is 0.926. The Hall–Kier alpha value is 1.23. The van der Waals surface area contributed by atoms with Gasteiger partial charge in [0.1, 0.15) is 5.19 Å². The molecule has 0 saturated carbocycles. The third kappa shape index (κ3) is 7.34. The smallest absolute Gasteiger partial charge is 0.316 e. The highest BCUT2D eigenvalue weighted by Gasteiger charge is 2.11. The summed E-state index contributed by atoms with van der Waals surface area (Å²) in [5.74, 6) is 0. The van der Waals surface area contributed by atoms with E-state index in [0.29, 0.717) is 0 Å².